The molecule has 3 rings (SSSR count). The molecule has 2 aromatic rings. The van der Waals surface area contributed by atoms with Gasteiger partial charge < -0.3 is 34.5 Å². The Morgan fingerprint density at radius 2 is 1.80 bits per heavy atom. The number of hydrogen-bond donors (Lipinski definition) is 3. The molecule has 35 heavy (non-hydrogen) atoms. The van der Waals surface area contributed by atoms with E-state index in [1.54, 1.807) is 24.3 Å². The maximum absolute atomic E-state index is 12.7. The predicted octanol–water partition coefficient (Wildman–Crippen LogP) is 2.13. The second-order valence-corrected chi connectivity index (χ2v) is 7.39. The molecule has 0 radical (unpaired) electrons. The highest BCUT2D eigenvalue weighted by atomic mass is 16.5. The molecule has 1 amide bonds. The largest absolute Gasteiger partial charge is 0.493 e. The van der Waals surface area contributed by atoms with Crippen molar-refractivity contribution in [3.63, 3.8) is 0 Å². The number of Topliss-reactive ketones (excluding diaryl/α,β-unsaturated/α-hetero) is 1. The van der Waals surface area contributed by atoms with Crippen molar-refractivity contribution in [2.45, 2.75) is 18.9 Å². The van der Waals surface area contributed by atoms with Crippen LogP contribution < -0.4 is 24.3 Å². The summed E-state index contributed by atoms with van der Waals surface area (Å²) in [6.07, 6.45) is 0.884. The number of ether oxygens (including phenoxy) is 4. The Hall–Kier alpha value is -4.54. The number of carbonyl (C=O) groups excluding carboxylic acids is 2. The lowest BCUT2D eigenvalue weighted by Crippen LogP contribution is -2.43. The fourth-order valence-electron chi connectivity index (χ4n) is 3.26. The number of rotatable bonds is 11. The lowest BCUT2D eigenvalue weighted by molar-refractivity contribution is -0.143. The van der Waals surface area contributed by atoms with E-state index in [-0.39, 0.29) is 29.5 Å². The highest BCUT2D eigenvalue weighted by molar-refractivity contribution is 6.14. The van der Waals surface area contributed by atoms with E-state index in [0.717, 1.165) is 0 Å². The third kappa shape index (κ3) is 6.28. The van der Waals surface area contributed by atoms with E-state index in [0.29, 0.717) is 22.6 Å². The maximum atomic E-state index is 12.7. The van der Waals surface area contributed by atoms with E-state index in [1.165, 1.54) is 32.4 Å². The Balaban J connectivity index is 1.65. The minimum absolute atomic E-state index is 0.0878. The minimum atomic E-state index is -1.35. The van der Waals surface area contributed by atoms with Gasteiger partial charge in [0.15, 0.2) is 23.9 Å². The Bertz CT molecular complexity index is 1190. The normalized spacial score (nSPS) is 14.0. The van der Waals surface area contributed by atoms with Gasteiger partial charge in [0.25, 0.3) is 5.91 Å². The Morgan fingerprint density at radius 1 is 1.06 bits per heavy atom. The second-order valence-electron chi connectivity index (χ2n) is 7.39. The zero-order valence-electron chi connectivity index (χ0n) is 18.9. The fourth-order valence-corrected chi connectivity index (χ4v) is 3.26. The van der Waals surface area contributed by atoms with Gasteiger partial charge in [0, 0.05) is 12.5 Å². The van der Waals surface area contributed by atoms with Crippen molar-refractivity contribution in [3.05, 3.63) is 53.3 Å². The average Bonchev–Trinajstić information content (AvgIpc) is 3.14. The Kier molecular flexibility index (Phi) is 7.92. The first kappa shape index (κ1) is 25.1. The molecule has 1 atom stereocenters. The van der Waals surface area contributed by atoms with E-state index < -0.39 is 36.9 Å². The van der Waals surface area contributed by atoms with Gasteiger partial charge >= 0.3 is 11.9 Å². The number of hydrogen-bond acceptors (Lipinski definition) is 8. The van der Waals surface area contributed by atoms with Gasteiger partial charge in [0.2, 0.25) is 5.78 Å². The smallest absolute Gasteiger partial charge is 0.326 e. The van der Waals surface area contributed by atoms with Gasteiger partial charge in [-0.25, -0.2) is 4.79 Å². The summed E-state index contributed by atoms with van der Waals surface area (Å²) in [6.45, 7) is -0.516. The van der Waals surface area contributed by atoms with Crippen LogP contribution in [-0.4, -0.2) is 60.7 Å². The lowest BCUT2D eigenvalue weighted by Gasteiger charge is -2.14. The van der Waals surface area contributed by atoms with Crippen LogP contribution in [0.3, 0.4) is 0 Å². The van der Waals surface area contributed by atoms with Crippen LogP contribution in [0, 0.1) is 0 Å². The van der Waals surface area contributed by atoms with Crippen LogP contribution in [0.15, 0.2) is 42.2 Å². The molecule has 2 aromatic carbocycles. The molecule has 1 heterocycles. The maximum Gasteiger partial charge on any atom is 0.326 e. The first-order chi connectivity index (χ1) is 16.7. The van der Waals surface area contributed by atoms with Gasteiger partial charge in [0.1, 0.15) is 17.5 Å². The van der Waals surface area contributed by atoms with E-state index >= 15 is 0 Å². The summed E-state index contributed by atoms with van der Waals surface area (Å²) >= 11 is 0. The number of benzene rings is 2. The third-order valence-electron chi connectivity index (χ3n) is 5.00. The summed E-state index contributed by atoms with van der Waals surface area (Å²) in [7, 11) is 3.02. The van der Waals surface area contributed by atoms with E-state index in [2.05, 4.69) is 5.32 Å². The molecule has 0 spiro atoms. The third-order valence-corrected chi connectivity index (χ3v) is 5.00. The van der Waals surface area contributed by atoms with Crippen molar-refractivity contribution in [2.75, 3.05) is 20.8 Å². The highest BCUT2D eigenvalue weighted by Gasteiger charge is 2.28. The number of ketones is 1. The van der Waals surface area contributed by atoms with Crippen LogP contribution in [0.25, 0.3) is 6.08 Å². The topological polar surface area (TPSA) is 158 Å². The van der Waals surface area contributed by atoms with Crippen molar-refractivity contribution >= 4 is 29.7 Å². The van der Waals surface area contributed by atoms with Gasteiger partial charge in [-0.2, -0.15) is 0 Å². The molecule has 0 fully saturated rings. The minimum Gasteiger partial charge on any atom is -0.493 e. The molecule has 184 valence electrons. The second kappa shape index (κ2) is 11.1. The monoisotopic (exact) mass is 485 g/mol. The van der Waals surface area contributed by atoms with Gasteiger partial charge in [-0.3, -0.25) is 14.4 Å². The summed E-state index contributed by atoms with van der Waals surface area (Å²) in [5.74, 6) is -2.01. The summed E-state index contributed by atoms with van der Waals surface area (Å²) in [5, 5.41) is 20.0. The Labute approximate surface area is 199 Å². The lowest BCUT2D eigenvalue weighted by atomic mass is 10.1. The molecule has 3 N–H and O–H groups in total. The van der Waals surface area contributed by atoms with Crippen molar-refractivity contribution in [3.8, 4) is 23.0 Å². The molecule has 0 aromatic heterocycles. The SMILES string of the molecule is COc1ccc(/C=C2\Oc3cc(OCC(=O)N[C@@H](CCC(=O)O)C(=O)O)ccc3C2=O)cc1OC. The molecule has 11 heteroatoms. The molecule has 0 saturated carbocycles. The van der Waals surface area contributed by atoms with Gasteiger partial charge in [-0.1, -0.05) is 6.07 Å². The number of amides is 1. The number of allylic oxidation sites excluding steroid dienone is 1. The van der Waals surface area contributed by atoms with Crippen LogP contribution in [0.5, 0.6) is 23.0 Å². The number of carboxylic acids is 2. The molecule has 1 aliphatic rings. The molecular weight excluding hydrogens is 462 g/mol. The molecular formula is C24H23NO10. The molecule has 1 aliphatic heterocycles. The molecule has 0 bridgehead atoms. The number of methoxy groups -OCH3 is 2. The van der Waals surface area contributed by atoms with Crippen molar-refractivity contribution in [1.29, 1.82) is 0 Å². The quantitative estimate of drug-likeness (QED) is 0.403. The highest BCUT2D eigenvalue weighted by Crippen LogP contribution is 2.36. The number of carbonyl (C=O) groups is 4. The molecule has 11 nitrogen and oxygen atoms in total. The van der Waals surface area contributed by atoms with Crippen LogP contribution >= 0.6 is 0 Å². The van der Waals surface area contributed by atoms with Crippen molar-refractivity contribution in [1.82, 2.24) is 5.32 Å². The average molecular weight is 485 g/mol. The van der Waals surface area contributed by atoms with Crippen molar-refractivity contribution in [2.24, 2.45) is 0 Å². The van der Waals surface area contributed by atoms with Crippen LogP contribution in [0.1, 0.15) is 28.8 Å². The molecule has 0 unspecified atom stereocenters. The Morgan fingerprint density at radius 3 is 2.46 bits per heavy atom. The van der Waals surface area contributed by atoms with E-state index in [9.17, 15) is 19.2 Å². The predicted molar refractivity (Wildman–Crippen MR) is 121 cm³/mol. The van der Waals surface area contributed by atoms with Gasteiger partial charge in [-0.15, -0.1) is 0 Å². The van der Waals surface area contributed by atoms with Crippen LogP contribution in [0.2, 0.25) is 0 Å². The van der Waals surface area contributed by atoms with Gasteiger partial charge in [0.05, 0.1) is 19.8 Å². The summed E-state index contributed by atoms with van der Waals surface area (Å²) < 4.78 is 21.5. The zero-order chi connectivity index (χ0) is 25.5. The fraction of sp³-hybridized carbons (Fsp3) is 0.250. The van der Waals surface area contributed by atoms with E-state index in [1.807, 2.05) is 0 Å². The van der Waals surface area contributed by atoms with Gasteiger partial charge in [-0.05, 0) is 42.3 Å². The number of carboxylic acid groups (broad SMARTS) is 2. The summed E-state index contributed by atoms with van der Waals surface area (Å²) in [6, 6.07) is 8.19. The summed E-state index contributed by atoms with van der Waals surface area (Å²) in [4.78, 5) is 46.6. The van der Waals surface area contributed by atoms with E-state index in [4.69, 9.17) is 29.2 Å². The standard InChI is InChI=1S/C24H23NO10/c1-32-17-7-3-13(9-19(17)33-2)10-20-23(29)15-5-4-14(11-18(15)35-20)34-12-21(26)25-16(24(30)31)6-8-22(27)28/h3-5,7,9-11,16H,6,8,12H2,1-2H3,(H,25,26)(H,27,28)(H,30,31)/b20-10-/t16-/m0/s1. The van der Waals surface area contributed by atoms with Crippen LogP contribution in [0.4, 0.5) is 0 Å². The number of nitrogens with one attached hydrogen (secondary N) is 1. The number of fused-ring (bicyclic) bond motifs is 1. The number of aliphatic carboxylic acids is 2. The first-order valence-electron chi connectivity index (χ1n) is 10.4. The molecule has 0 aliphatic carbocycles. The zero-order valence-corrected chi connectivity index (χ0v) is 18.9. The van der Waals surface area contributed by atoms with Crippen molar-refractivity contribution < 1.29 is 48.3 Å². The van der Waals surface area contributed by atoms with Crippen LogP contribution in [-0.2, 0) is 14.4 Å². The molecule has 0 saturated heterocycles. The first-order valence-corrected chi connectivity index (χ1v) is 10.4. The summed E-state index contributed by atoms with van der Waals surface area (Å²) in [5.41, 5.74) is 0.968.